The van der Waals surface area contributed by atoms with Crippen LogP contribution in [0.1, 0.15) is 25.0 Å². The molecule has 0 spiro atoms. The second kappa shape index (κ2) is 6.21. The van der Waals surface area contributed by atoms with Gasteiger partial charge >= 0.3 is 0 Å². The van der Waals surface area contributed by atoms with Crippen LogP contribution in [-0.4, -0.2) is 6.04 Å². The van der Waals surface area contributed by atoms with Crippen LogP contribution >= 0.6 is 0 Å². The number of nitriles is 1. The zero-order valence-corrected chi connectivity index (χ0v) is 11.7. The van der Waals surface area contributed by atoms with Gasteiger partial charge in [0.25, 0.3) is 0 Å². The number of benzene rings is 2. The van der Waals surface area contributed by atoms with Gasteiger partial charge < -0.3 is 4.90 Å². The van der Waals surface area contributed by atoms with Gasteiger partial charge in [-0.3, -0.25) is 0 Å². The van der Waals surface area contributed by atoms with Gasteiger partial charge in [-0.05, 0) is 37.6 Å². The van der Waals surface area contributed by atoms with Crippen molar-refractivity contribution in [2.24, 2.45) is 0 Å². The third kappa shape index (κ3) is 3.16. The molecular formula is C17H17FN2. The molecule has 0 atom stereocenters. The van der Waals surface area contributed by atoms with E-state index in [-0.39, 0.29) is 11.9 Å². The monoisotopic (exact) mass is 268 g/mol. The Hall–Kier alpha value is -2.34. The molecule has 2 aromatic carbocycles. The summed E-state index contributed by atoms with van der Waals surface area (Å²) in [6, 6.07) is 16.7. The maximum Gasteiger partial charge on any atom is 0.124 e. The SMILES string of the molecule is CC(C)N(Cc1ccccc1)c1ccc(F)cc1C#N. The van der Waals surface area contributed by atoms with Crippen molar-refractivity contribution in [1.29, 1.82) is 5.26 Å². The Morgan fingerprint density at radius 2 is 1.85 bits per heavy atom. The molecule has 20 heavy (non-hydrogen) atoms. The predicted octanol–water partition coefficient (Wildman–Crippen LogP) is 4.11. The highest BCUT2D eigenvalue weighted by molar-refractivity contribution is 5.60. The molecule has 0 saturated heterocycles. The summed E-state index contributed by atoms with van der Waals surface area (Å²) in [5.41, 5.74) is 2.30. The highest BCUT2D eigenvalue weighted by Gasteiger charge is 2.15. The molecule has 102 valence electrons. The molecule has 0 amide bonds. The first-order valence-electron chi connectivity index (χ1n) is 6.62. The smallest absolute Gasteiger partial charge is 0.124 e. The van der Waals surface area contributed by atoms with Gasteiger partial charge in [-0.1, -0.05) is 30.3 Å². The third-order valence-electron chi connectivity index (χ3n) is 3.21. The Morgan fingerprint density at radius 1 is 1.15 bits per heavy atom. The molecule has 2 nitrogen and oxygen atoms in total. The van der Waals surface area contributed by atoms with E-state index in [0.717, 1.165) is 11.3 Å². The van der Waals surface area contributed by atoms with Gasteiger partial charge in [0.15, 0.2) is 0 Å². The minimum absolute atomic E-state index is 0.216. The summed E-state index contributed by atoms with van der Waals surface area (Å²) in [4.78, 5) is 2.10. The van der Waals surface area contributed by atoms with E-state index in [9.17, 15) is 9.65 Å². The third-order valence-corrected chi connectivity index (χ3v) is 3.21. The molecule has 0 saturated carbocycles. The molecule has 0 aliphatic rings. The van der Waals surface area contributed by atoms with Crippen LogP contribution in [-0.2, 0) is 6.54 Å². The Morgan fingerprint density at radius 3 is 2.45 bits per heavy atom. The average Bonchev–Trinajstić information content (AvgIpc) is 2.46. The molecule has 0 aromatic heterocycles. The number of hydrogen-bond acceptors (Lipinski definition) is 2. The van der Waals surface area contributed by atoms with Crippen LogP contribution in [0.2, 0.25) is 0 Å². The molecule has 0 N–H and O–H groups in total. The topological polar surface area (TPSA) is 27.0 Å². The molecular weight excluding hydrogens is 251 g/mol. The zero-order valence-electron chi connectivity index (χ0n) is 11.7. The first-order chi connectivity index (χ1) is 9.61. The van der Waals surface area contributed by atoms with Crippen molar-refractivity contribution >= 4 is 5.69 Å². The summed E-state index contributed by atoms with van der Waals surface area (Å²) in [5.74, 6) is -0.381. The highest BCUT2D eigenvalue weighted by atomic mass is 19.1. The normalized spacial score (nSPS) is 10.3. The fourth-order valence-electron chi connectivity index (χ4n) is 2.17. The molecule has 0 radical (unpaired) electrons. The number of halogens is 1. The van der Waals surface area contributed by atoms with E-state index in [0.29, 0.717) is 12.1 Å². The van der Waals surface area contributed by atoms with Crippen LogP contribution in [0.15, 0.2) is 48.5 Å². The number of rotatable bonds is 4. The molecule has 3 heteroatoms. The van der Waals surface area contributed by atoms with E-state index in [1.165, 1.54) is 12.1 Å². The van der Waals surface area contributed by atoms with Crippen molar-refractivity contribution in [3.05, 3.63) is 65.5 Å². The van der Waals surface area contributed by atoms with Gasteiger partial charge in [-0.25, -0.2) is 4.39 Å². The molecule has 0 heterocycles. The van der Waals surface area contributed by atoms with Crippen LogP contribution in [0.5, 0.6) is 0 Å². The van der Waals surface area contributed by atoms with E-state index in [1.807, 2.05) is 30.3 Å². The fourth-order valence-corrected chi connectivity index (χ4v) is 2.17. The van der Waals surface area contributed by atoms with Crippen molar-refractivity contribution in [3.8, 4) is 6.07 Å². The predicted molar refractivity (Wildman–Crippen MR) is 78.9 cm³/mol. The standard InChI is InChI=1S/C17H17FN2/c1-13(2)20(12-14-6-4-3-5-7-14)17-9-8-16(18)10-15(17)11-19/h3-10,13H,12H2,1-2H3. The quantitative estimate of drug-likeness (QED) is 0.834. The van der Waals surface area contributed by atoms with Gasteiger partial charge in [0.1, 0.15) is 11.9 Å². The van der Waals surface area contributed by atoms with Gasteiger partial charge in [0.2, 0.25) is 0 Å². The Balaban J connectivity index is 2.37. The molecule has 2 rings (SSSR count). The lowest BCUT2D eigenvalue weighted by Gasteiger charge is -2.30. The first kappa shape index (κ1) is 14.1. The van der Waals surface area contributed by atoms with E-state index in [1.54, 1.807) is 6.07 Å². The van der Waals surface area contributed by atoms with E-state index in [2.05, 4.69) is 24.8 Å². The maximum atomic E-state index is 13.3. The lowest BCUT2D eigenvalue weighted by Crippen LogP contribution is -2.30. The molecule has 2 aromatic rings. The largest absolute Gasteiger partial charge is 0.364 e. The fraction of sp³-hybridized carbons (Fsp3) is 0.235. The average molecular weight is 268 g/mol. The minimum atomic E-state index is -0.381. The second-order valence-electron chi connectivity index (χ2n) is 4.98. The van der Waals surface area contributed by atoms with Crippen molar-refractivity contribution in [1.82, 2.24) is 0 Å². The zero-order chi connectivity index (χ0) is 14.5. The highest BCUT2D eigenvalue weighted by Crippen LogP contribution is 2.25. The summed E-state index contributed by atoms with van der Waals surface area (Å²) in [6.45, 7) is 4.82. The Bertz CT molecular complexity index is 615. The van der Waals surface area contributed by atoms with Gasteiger partial charge in [0, 0.05) is 12.6 Å². The van der Waals surface area contributed by atoms with E-state index in [4.69, 9.17) is 0 Å². The van der Waals surface area contributed by atoms with Crippen molar-refractivity contribution in [2.45, 2.75) is 26.4 Å². The molecule has 0 unspecified atom stereocenters. The van der Waals surface area contributed by atoms with Crippen molar-refractivity contribution < 1.29 is 4.39 Å². The van der Waals surface area contributed by atoms with Crippen LogP contribution < -0.4 is 4.90 Å². The van der Waals surface area contributed by atoms with Crippen molar-refractivity contribution in [3.63, 3.8) is 0 Å². The second-order valence-corrected chi connectivity index (χ2v) is 4.98. The summed E-state index contributed by atoms with van der Waals surface area (Å²) in [7, 11) is 0. The molecule has 0 aliphatic carbocycles. The lowest BCUT2D eigenvalue weighted by molar-refractivity contribution is 0.625. The molecule has 0 aliphatic heterocycles. The summed E-state index contributed by atoms with van der Waals surface area (Å²) in [6.07, 6.45) is 0. The van der Waals surface area contributed by atoms with Gasteiger partial charge in [-0.15, -0.1) is 0 Å². The van der Waals surface area contributed by atoms with Crippen LogP contribution in [0, 0.1) is 17.1 Å². The molecule has 0 bridgehead atoms. The molecule has 0 fully saturated rings. The number of hydrogen-bond donors (Lipinski definition) is 0. The number of anilines is 1. The summed E-state index contributed by atoms with van der Waals surface area (Å²) >= 11 is 0. The summed E-state index contributed by atoms with van der Waals surface area (Å²) in [5, 5.41) is 9.20. The Labute approximate surface area is 119 Å². The minimum Gasteiger partial charge on any atom is -0.364 e. The first-order valence-corrected chi connectivity index (χ1v) is 6.62. The maximum absolute atomic E-state index is 13.3. The van der Waals surface area contributed by atoms with E-state index < -0.39 is 0 Å². The summed E-state index contributed by atoms with van der Waals surface area (Å²) < 4.78 is 13.3. The Kier molecular flexibility index (Phi) is 4.37. The van der Waals surface area contributed by atoms with Crippen LogP contribution in [0.3, 0.4) is 0 Å². The van der Waals surface area contributed by atoms with Gasteiger partial charge in [0.05, 0.1) is 11.3 Å². The van der Waals surface area contributed by atoms with Crippen LogP contribution in [0.25, 0.3) is 0 Å². The van der Waals surface area contributed by atoms with Crippen molar-refractivity contribution in [2.75, 3.05) is 4.90 Å². The van der Waals surface area contributed by atoms with Gasteiger partial charge in [-0.2, -0.15) is 5.26 Å². The number of nitrogens with zero attached hydrogens (tertiary/aromatic N) is 2. The van der Waals surface area contributed by atoms with E-state index >= 15 is 0 Å². The lowest BCUT2D eigenvalue weighted by atomic mass is 10.1. The van der Waals surface area contributed by atoms with Crippen LogP contribution in [0.4, 0.5) is 10.1 Å².